The Bertz CT molecular complexity index is 191. The molecule has 1 aliphatic rings. The van der Waals surface area contributed by atoms with Gasteiger partial charge in [0.15, 0.2) is 0 Å². The predicted octanol–water partition coefficient (Wildman–Crippen LogP) is 3.07. The molecule has 1 saturated heterocycles. The lowest BCUT2D eigenvalue weighted by Crippen LogP contribution is -2.43. The van der Waals surface area contributed by atoms with Gasteiger partial charge in [-0.15, -0.1) is 0 Å². The van der Waals surface area contributed by atoms with Crippen LogP contribution in [0.2, 0.25) is 0 Å². The molecule has 0 amide bonds. The first-order valence-corrected chi connectivity index (χ1v) is 6.87. The largest absolute Gasteiger partial charge is 0.378 e. The molecule has 1 N–H and O–H groups in total. The van der Waals surface area contributed by atoms with Gasteiger partial charge < -0.3 is 10.1 Å². The lowest BCUT2D eigenvalue weighted by atomic mass is 9.87. The molecule has 1 rings (SSSR count). The number of hydrogen-bond acceptors (Lipinski definition) is 2. The van der Waals surface area contributed by atoms with Gasteiger partial charge >= 0.3 is 0 Å². The van der Waals surface area contributed by atoms with Crippen molar-refractivity contribution in [3.05, 3.63) is 0 Å². The van der Waals surface area contributed by atoms with Crippen LogP contribution >= 0.6 is 0 Å². The molecule has 1 heterocycles. The first kappa shape index (κ1) is 14.0. The molecular weight excluding hydrogens is 198 g/mol. The van der Waals surface area contributed by atoms with Gasteiger partial charge in [-0.3, -0.25) is 0 Å². The van der Waals surface area contributed by atoms with Crippen molar-refractivity contribution in [2.45, 2.75) is 59.6 Å². The van der Waals surface area contributed by atoms with Gasteiger partial charge in [-0.1, -0.05) is 27.7 Å². The van der Waals surface area contributed by atoms with E-state index < -0.39 is 0 Å². The Morgan fingerprint density at radius 1 is 1.19 bits per heavy atom. The van der Waals surface area contributed by atoms with Gasteiger partial charge in [0.1, 0.15) is 0 Å². The van der Waals surface area contributed by atoms with E-state index in [1.54, 1.807) is 0 Å². The Labute approximate surface area is 101 Å². The molecule has 0 bridgehead atoms. The van der Waals surface area contributed by atoms with E-state index in [0.717, 1.165) is 13.2 Å². The second-order valence-electron chi connectivity index (χ2n) is 5.92. The molecule has 96 valence electrons. The highest BCUT2D eigenvalue weighted by Crippen LogP contribution is 2.25. The van der Waals surface area contributed by atoms with Crippen molar-refractivity contribution in [2.75, 3.05) is 13.2 Å². The van der Waals surface area contributed by atoms with E-state index in [1.165, 1.54) is 12.8 Å². The van der Waals surface area contributed by atoms with E-state index in [-0.39, 0.29) is 0 Å². The van der Waals surface area contributed by atoms with E-state index in [4.69, 9.17) is 4.74 Å². The van der Waals surface area contributed by atoms with Gasteiger partial charge in [0.05, 0.1) is 6.10 Å². The summed E-state index contributed by atoms with van der Waals surface area (Å²) in [7, 11) is 0. The van der Waals surface area contributed by atoms with Gasteiger partial charge in [0.2, 0.25) is 0 Å². The summed E-state index contributed by atoms with van der Waals surface area (Å²) >= 11 is 0. The zero-order chi connectivity index (χ0) is 12.1. The van der Waals surface area contributed by atoms with E-state index >= 15 is 0 Å². The molecule has 0 spiro atoms. The van der Waals surface area contributed by atoms with Crippen LogP contribution in [-0.4, -0.2) is 25.3 Å². The van der Waals surface area contributed by atoms with Crippen molar-refractivity contribution >= 4 is 0 Å². The van der Waals surface area contributed by atoms with Crippen LogP contribution in [0.5, 0.6) is 0 Å². The summed E-state index contributed by atoms with van der Waals surface area (Å²) < 4.78 is 5.90. The second kappa shape index (κ2) is 6.61. The Balaban J connectivity index is 2.38. The Morgan fingerprint density at radius 3 is 2.44 bits per heavy atom. The molecule has 16 heavy (non-hydrogen) atoms. The minimum atomic E-state index is 0.459. The number of hydrogen-bond donors (Lipinski definition) is 1. The van der Waals surface area contributed by atoms with Gasteiger partial charge in [-0.05, 0) is 37.5 Å². The van der Waals surface area contributed by atoms with Crippen LogP contribution in [0.3, 0.4) is 0 Å². The van der Waals surface area contributed by atoms with Gasteiger partial charge in [0.25, 0.3) is 0 Å². The number of rotatable bonds is 5. The van der Waals surface area contributed by atoms with Crippen molar-refractivity contribution < 1.29 is 4.74 Å². The van der Waals surface area contributed by atoms with Gasteiger partial charge in [0, 0.05) is 19.2 Å². The highest BCUT2D eigenvalue weighted by Gasteiger charge is 2.28. The summed E-state index contributed by atoms with van der Waals surface area (Å²) in [4.78, 5) is 0. The topological polar surface area (TPSA) is 21.3 Å². The summed E-state index contributed by atoms with van der Waals surface area (Å²) in [6.07, 6.45) is 3.01. The van der Waals surface area contributed by atoms with E-state index in [0.29, 0.717) is 29.9 Å². The molecule has 0 aromatic rings. The molecule has 0 aromatic carbocycles. The molecule has 3 unspecified atom stereocenters. The van der Waals surface area contributed by atoms with Crippen LogP contribution in [0.15, 0.2) is 0 Å². The van der Waals surface area contributed by atoms with Crippen LogP contribution in [-0.2, 0) is 4.74 Å². The standard InChI is InChI=1S/C14H29NO/c1-10(2)12(5)15-9-13-7-6-8-16-14(13)11(3)4/h10-15H,6-9H2,1-5H3. The molecule has 0 radical (unpaired) electrons. The van der Waals surface area contributed by atoms with E-state index in [9.17, 15) is 0 Å². The fraction of sp³-hybridized carbons (Fsp3) is 1.00. The van der Waals surface area contributed by atoms with E-state index in [1.807, 2.05) is 0 Å². The van der Waals surface area contributed by atoms with Crippen LogP contribution < -0.4 is 5.32 Å². The lowest BCUT2D eigenvalue weighted by molar-refractivity contribution is -0.0523. The average molecular weight is 227 g/mol. The minimum absolute atomic E-state index is 0.459. The zero-order valence-corrected chi connectivity index (χ0v) is 11.6. The first-order valence-electron chi connectivity index (χ1n) is 6.87. The summed E-state index contributed by atoms with van der Waals surface area (Å²) in [5.41, 5.74) is 0. The molecule has 1 fully saturated rings. The van der Waals surface area contributed by atoms with Crippen LogP contribution in [0.4, 0.5) is 0 Å². The highest BCUT2D eigenvalue weighted by atomic mass is 16.5. The second-order valence-corrected chi connectivity index (χ2v) is 5.92. The third-order valence-corrected chi connectivity index (χ3v) is 3.85. The van der Waals surface area contributed by atoms with Crippen molar-refractivity contribution in [3.63, 3.8) is 0 Å². The minimum Gasteiger partial charge on any atom is -0.378 e. The van der Waals surface area contributed by atoms with Crippen molar-refractivity contribution in [1.29, 1.82) is 0 Å². The molecule has 2 nitrogen and oxygen atoms in total. The van der Waals surface area contributed by atoms with Crippen molar-refractivity contribution in [2.24, 2.45) is 17.8 Å². The maximum atomic E-state index is 5.90. The fourth-order valence-electron chi connectivity index (χ4n) is 2.39. The lowest BCUT2D eigenvalue weighted by Gasteiger charge is -2.35. The van der Waals surface area contributed by atoms with Gasteiger partial charge in [-0.2, -0.15) is 0 Å². The monoisotopic (exact) mass is 227 g/mol. The molecule has 0 aliphatic carbocycles. The summed E-state index contributed by atoms with van der Waals surface area (Å²) in [5, 5.41) is 3.66. The number of ether oxygens (including phenoxy) is 1. The quantitative estimate of drug-likeness (QED) is 0.779. The molecule has 1 aliphatic heterocycles. The molecule has 2 heteroatoms. The van der Waals surface area contributed by atoms with Crippen LogP contribution in [0.1, 0.15) is 47.5 Å². The smallest absolute Gasteiger partial charge is 0.0638 e. The SMILES string of the molecule is CC(C)C(C)NCC1CCCOC1C(C)C. The number of nitrogens with one attached hydrogen (secondary N) is 1. The van der Waals surface area contributed by atoms with Crippen molar-refractivity contribution in [1.82, 2.24) is 5.32 Å². The molecule has 0 aromatic heterocycles. The Hall–Kier alpha value is -0.0800. The van der Waals surface area contributed by atoms with Gasteiger partial charge in [-0.25, -0.2) is 0 Å². The molecule has 3 atom stereocenters. The highest BCUT2D eigenvalue weighted by molar-refractivity contribution is 4.80. The van der Waals surface area contributed by atoms with E-state index in [2.05, 4.69) is 39.9 Å². The summed E-state index contributed by atoms with van der Waals surface area (Å²) in [5.74, 6) is 2.05. The fourth-order valence-corrected chi connectivity index (χ4v) is 2.39. The van der Waals surface area contributed by atoms with Crippen LogP contribution in [0.25, 0.3) is 0 Å². The normalized spacial score (nSPS) is 28.7. The summed E-state index contributed by atoms with van der Waals surface area (Å²) in [6, 6.07) is 0.606. The van der Waals surface area contributed by atoms with Crippen LogP contribution in [0, 0.1) is 17.8 Å². The first-order chi connectivity index (χ1) is 7.52. The third-order valence-electron chi connectivity index (χ3n) is 3.85. The molecule has 0 saturated carbocycles. The van der Waals surface area contributed by atoms with Crippen molar-refractivity contribution in [3.8, 4) is 0 Å². The zero-order valence-electron chi connectivity index (χ0n) is 11.6. The average Bonchev–Trinajstić information content (AvgIpc) is 2.25. The summed E-state index contributed by atoms with van der Waals surface area (Å²) in [6.45, 7) is 13.4. The Morgan fingerprint density at radius 2 is 1.88 bits per heavy atom. The molecular formula is C14H29NO. The maximum absolute atomic E-state index is 5.90. The predicted molar refractivity (Wildman–Crippen MR) is 69.6 cm³/mol. The maximum Gasteiger partial charge on any atom is 0.0638 e. The Kier molecular flexibility index (Phi) is 5.77. The third kappa shape index (κ3) is 4.06.